The molecule has 0 saturated carbocycles. The normalized spacial score (nSPS) is 11.8. The first kappa shape index (κ1) is 26.6. The van der Waals surface area contributed by atoms with E-state index in [0.29, 0.717) is 39.8 Å². The molecule has 0 aliphatic rings. The number of carbonyl (C=O) groups is 1. The second-order valence-corrected chi connectivity index (χ2v) is 9.31. The molecule has 1 amide bonds. The number of fused-ring (bicyclic) bond motifs is 1. The Morgan fingerprint density at radius 2 is 1.75 bits per heavy atom. The van der Waals surface area contributed by atoms with E-state index < -0.39 is 23.4 Å². The molecule has 40 heavy (non-hydrogen) atoms. The first-order valence-electron chi connectivity index (χ1n) is 12.5. The van der Waals surface area contributed by atoms with Crippen LogP contribution >= 0.6 is 0 Å². The van der Waals surface area contributed by atoms with E-state index in [1.54, 1.807) is 74.2 Å². The van der Waals surface area contributed by atoms with Crippen LogP contribution in [0.5, 0.6) is 17.2 Å². The maximum absolute atomic E-state index is 13.4. The van der Waals surface area contributed by atoms with Crippen LogP contribution in [0.25, 0.3) is 16.6 Å². The smallest absolute Gasteiger partial charge is 0.284 e. The quantitative estimate of drug-likeness (QED) is 0.287. The average molecular weight is 543 g/mol. The second-order valence-electron chi connectivity index (χ2n) is 9.31. The van der Waals surface area contributed by atoms with Crippen molar-refractivity contribution in [2.24, 2.45) is 7.05 Å². The Kier molecular flexibility index (Phi) is 7.35. The molecule has 2 N–H and O–H groups in total. The van der Waals surface area contributed by atoms with Gasteiger partial charge in [0.05, 0.1) is 23.0 Å². The minimum absolute atomic E-state index is 0.00722. The lowest BCUT2D eigenvalue weighted by Crippen LogP contribution is -2.25. The molecular formula is C30H27FN4O5. The first-order valence-corrected chi connectivity index (χ1v) is 12.5. The zero-order chi connectivity index (χ0) is 28.4. The molecule has 0 aliphatic heterocycles. The fraction of sp³-hybridized carbons (Fsp3) is 0.167. The van der Waals surface area contributed by atoms with Gasteiger partial charge in [0.2, 0.25) is 0 Å². The SMILES string of the molecule is Cc1c(C(=O)Nc2ccc(Oc3ccnc4cc(OCC(C)O)ccc34)cc2)c(=O)n(-c2ccc(F)cc2)n1C. The monoisotopic (exact) mass is 542 g/mol. The summed E-state index contributed by atoms with van der Waals surface area (Å²) in [5.74, 6) is 0.745. The molecule has 0 aliphatic carbocycles. The van der Waals surface area contributed by atoms with Crippen LogP contribution in [0.4, 0.5) is 10.1 Å². The van der Waals surface area contributed by atoms with Gasteiger partial charge in [0.1, 0.15) is 35.2 Å². The Bertz CT molecular complexity index is 1740. The van der Waals surface area contributed by atoms with Crippen LogP contribution in [0.1, 0.15) is 23.0 Å². The van der Waals surface area contributed by atoms with Crippen molar-refractivity contribution in [3.05, 3.63) is 106 Å². The predicted octanol–water partition coefficient (Wildman–Crippen LogP) is 4.98. The summed E-state index contributed by atoms with van der Waals surface area (Å²) in [6.45, 7) is 3.50. The summed E-state index contributed by atoms with van der Waals surface area (Å²) in [5, 5.41) is 13.0. The van der Waals surface area contributed by atoms with Crippen molar-refractivity contribution in [3.8, 4) is 22.9 Å². The summed E-state index contributed by atoms with van der Waals surface area (Å²) in [6.07, 6.45) is 1.05. The minimum Gasteiger partial charge on any atom is -0.491 e. The molecule has 0 fully saturated rings. The van der Waals surface area contributed by atoms with E-state index in [0.717, 1.165) is 5.39 Å². The third-order valence-electron chi connectivity index (χ3n) is 6.36. The van der Waals surface area contributed by atoms with Crippen molar-refractivity contribution in [1.29, 1.82) is 0 Å². The van der Waals surface area contributed by atoms with Crippen LogP contribution in [0.3, 0.4) is 0 Å². The summed E-state index contributed by atoms with van der Waals surface area (Å²) in [6, 6.07) is 19.4. The number of aliphatic hydroxyl groups excluding tert-OH is 1. The van der Waals surface area contributed by atoms with Crippen LogP contribution in [0.15, 0.2) is 83.8 Å². The Morgan fingerprint density at radius 3 is 2.45 bits per heavy atom. The topological polar surface area (TPSA) is 108 Å². The summed E-state index contributed by atoms with van der Waals surface area (Å²) in [7, 11) is 1.66. The minimum atomic E-state index is -0.581. The van der Waals surface area contributed by atoms with Crippen molar-refractivity contribution in [2.75, 3.05) is 11.9 Å². The maximum Gasteiger partial charge on any atom is 0.284 e. The average Bonchev–Trinajstić information content (AvgIpc) is 3.16. The van der Waals surface area contributed by atoms with Crippen LogP contribution in [0.2, 0.25) is 0 Å². The standard InChI is InChI=1S/C30H27FN4O5/c1-18(36)17-39-24-12-13-25-26(16-24)32-15-14-27(25)40-23-10-6-21(7-11-23)33-29(37)28-19(2)34(3)35(30(28)38)22-8-4-20(31)5-9-22/h4-16,18,36H,17H2,1-3H3,(H,33,37). The van der Waals surface area contributed by atoms with Gasteiger partial charge >= 0.3 is 0 Å². The summed E-state index contributed by atoms with van der Waals surface area (Å²) in [4.78, 5) is 30.6. The van der Waals surface area contributed by atoms with E-state index in [-0.39, 0.29) is 12.2 Å². The number of aromatic nitrogens is 3. The van der Waals surface area contributed by atoms with Gasteiger partial charge in [-0.1, -0.05) is 0 Å². The van der Waals surface area contributed by atoms with E-state index in [1.165, 1.54) is 28.9 Å². The van der Waals surface area contributed by atoms with Crippen molar-refractivity contribution in [1.82, 2.24) is 14.3 Å². The number of aliphatic hydroxyl groups is 1. The summed E-state index contributed by atoms with van der Waals surface area (Å²) < 4.78 is 27.9. The van der Waals surface area contributed by atoms with Crippen molar-refractivity contribution < 1.29 is 23.8 Å². The molecule has 3 aromatic carbocycles. The molecule has 2 heterocycles. The molecule has 0 radical (unpaired) electrons. The Balaban J connectivity index is 1.32. The number of rotatable bonds is 8. The van der Waals surface area contributed by atoms with Crippen LogP contribution < -0.4 is 20.3 Å². The molecule has 5 aromatic rings. The van der Waals surface area contributed by atoms with Crippen LogP contribution in [-0.4, -0.2) is 38.1 Å². The lowest BCUT2D eigenvalue weighted by Gasteiger charge is -2.12. The molecule has 1 unspecified atom stereocenters. The summed E-state index contributed by atoms with van der Waals surface area (Å²) >= 11 is 0. The molecule has 5 rings (SSSR count). The number of halogens is 1. The molecule has 204 valence electrons. The Hall–Kier alpha value is -4.96. The largest absolute Gasteiger partial charge is 0.491 e. The number of pyridine rings is 1. The fourth-order valence-corrected chi connectivity index (χ4v) is 4.27. The molecule has 0 saturated heterocycles. The third-order valence-corrected chi connectivity index (χ3v) is 6.36. The third kappa shape index (κ3) is 5.43. The molecule has 1 atom stereocenters. The van der Waals surface area contributed by atoms with Crippen molar-refractivity contribution in [3.63, 3.8) is 0 Å². The molecule has 2 aromatic heterocycles. The highest BCUT2D eigenvalue weighted by Crippen LogP contribution is 2.31. The second kappa shape index (κ2) is 11.0. The van der Waals surface area contributed by atoms with Gasteiger partial charge in [-0.05, 0) is 80.6 Å². The molecule has 10 heteroatoms. The van der Waals surface area contributed by atoms with Crippen LogP contribution in [0, 0.1) is 12.7 Å². The molecule has 0 spiro atoms. The number of nitrogens with zero attached hydrogens (tertiary/aromatic N) is 3. The van der Waals surface area contributed by atoms with E-state index >= 15 is 0 Å². The molecule has 9 nitrogen and oxygen atoms in total. The van der Waals surface area contributed by atoms with E-state index in [9.17, 15) is 19.1 Å². The zero-order valence-electron chi connectivity index (χ0n) is 22.1. The van der Waals surface area contributed by atoms with Gasteiger partial charge in [-0.2, -0.15) is 0 Å². The number of benzene rings is 3. The number of hydrogen-bond donors (Lipinski definition) is 2. The first-order chi connectivity index (χ1) is 19.2. The number of ether oxygens (including phenoxy) is 2. The van der Waals surface area contributed by atoms with Gasteiger partial charge < -0.3 is 19.9 Å². The number of anilines is 1. The Labute approximate surface area is 229 Å². The van der Waals surface area contributed by atoms with Crippen molar-refractivity contribution in [2.45, 2.75) is 20.0 Å². The fourth-order valence-electron chi connectivity index (χ4n) is 4.27. The summed E-state index contributed by atoms with van der Waals surface area (Å²) in [5.41, 5.74) is 1.56. The van der Waals surface area contributed by atoms with E-state index in [2.05, 4.69) is 10.3 Å². The molecular weight excluding hydrogens is 515 g/mol. The highest BCUT2D eigenvalue weighted by molar-refractivity contribution is 6.05. The number of nitrogens with one attached hydrogen (secondary N) is 1. The van der Waals surface area contributed by atoms with E-state index in [1.807, 2.05) is 6.07 Å². The predicted molar refractivity (Wildman–Crippen MR) is 149 cm³/mol. The van der Waals surface area contributed by atoms with Gasteiger partial charge in [-0.15, -0.1) is 0 Å². The van der Waals surface area contributed by atoms with E-state index in [4.69, 9.17) is 9.47 Å². The van der Waals surface area contributed by atoms with Gasteiger partial charge in [0, 0.05) is 30.4 Å². The highest BCUT2D eigenvalue weighted by atomic mass is 19.1. The van der Waals surface area contributed by atoms with Gasteiger partial charge in [0.15, 0.2) is 0 Å². The van der Waals surface area contributed by atoms with Gasteiger partial charge in [-0.25, -0.2) is 9.07 Å². The lowest BCUT2D eigenvalue weighted by molar-refractivity contribution is 0.102. The maximum atomic E-state index is 13.4. The number of carbonyl (C=O) groups excluding carboxylic acids is 1. The van der Waals surface area contributed by atoms with Gasteiger partial charge in [-0.3, -0.25) is 19.3 Å². The van der Waals surface area contributed by atoms with Crippen molar-refractivity contribution >= 4 is 22.5 Å². The zero-order valence-corrected chi connectivity index (χ0v) is 22.1. The molecule has 0 bridgehead atoms. The van der Waals surface area contributed by atoms with Gasteiger partial charge in [0.25, 0.3) is 11.5 Å². The highest BCUT2D eigenvalue weighted by Gasteiger charge is 2.22. The van der Waals surface area contributed by atoms with Crippen LogP contribution in [-0.2, 0) is 7.05 Å². The lowest BCUT2D eigenvalue weighted by atomic mass is 10.2. The number of amides is 1. The number of hydrogen-bond acceptors (Lipinski definition) is 6. The Morgan fingerprint density at radius 1 is 1.05 bits per heavy atom.